The van der Waals surface area contributed by atoms with Crippen LogP contribution in [0.15, 0.2) is 78.9 Å². The van der Waals surface area contributed by atoms with Gasteiger partial charge in [0.15, 0.2) is 0 Å². The lowest BCUT2D eigenvalue weighted by Gasteiger charge is -2.17. The van der Waals surface area contributed by atoms with Gasteiger partial charge in [-0.3, -0.25) is 4.79 Å². The van der Waals surface area contributed by atoms with Crippen molar-refractivity contribution < 1.29 is 14.3 Å². The molecule has 3 aromatic rings. The number of halogens is 1. The van der Waals surface area contributed by atoms with E-state index < -0.39 is 0 Å². The molecule has 0 unspecified atom stereocenters. The van der Waals surface area contributed by atoms with E-state index in [-0.39, 0.29) is 11.9 Å². The molecule has 154 valence electrons. The average Bonchev–Trinajstić information content (AvgIpc) is 2.77. The van der Waals surface area contributed by atoms with Crippen LogP contribution in [-0.2, 0) is 0 Å². The Bertz CT molecular complexity index is 994. The van der Waals surface area contributed by atoms with E-state index in [1.54, 1.807) is 60.5 Å². The van der Waals surface area contributed by atoms with Gasteiger partial charge in [-0.2, -0.15) is 0 Å². The number of carbonyl (C=O) groups excluding carboxylic acids is 2. The monoisotopic (exact) mass is 423 g/mol. The fourth-order valence-electron chi connectivity index (χ4n) is 2.73. The molecular formula is C23H22ClN3O3. The van der Waals surface area contributed by atoms with Gasteiger partial charge in [0, 0.05) is 29.0 Å². The molecule has 0 heterocycles. The van der Waals surface area contributed by atoms with Crippen molar-refractivity contribution in [3.8, 4) is 5.75 Å². The predicted octanol–water partition coefficient (Wildman–Crippen LogP) is 4.82. The number of nitrogens with zero attached hydrogens (tertiary/aromatic N) is 1. The van der Waals surface area contributed by atoms with E-state index in [1.807, 2.05) is 30.3 Å². The topological polar surface area (TPSA) is 70.7 Å². The normalized spacial score (nSPS) is 10.2. The van der Waals surface area contributed by atoms with Gasteiger partial charge < -0.3 is 20.3 Å². The van der Waals surface area contributed by atoms with Gasteiger partial charge in [0.25, 0.3) is 5.91 Å². The van der Waals surface area contributed by atoms with Crippen LogP contribution in [0.3, 0.4) is 0 Å². The number of ether oxygens (including phenoxy) is 1. The van der Waals surface area contributed by atoms with Crippen LogP contribution in [0.25, 0.3) is 0 Å². The minimum atomic E-state index is -0.379. The van der Waals surface area contributed by atoms with Gasteiger partial charge in [-0.15, -0.1) is 0 Å². The van der Waals surface area contributed by atoms with Crippen molar-refractivity contribution in [2.45, 2.75) is 0 Å². The number of carbonyl (C=O) groups is 2. The first kappa shape index (κ1) is 21.2. The Morgan fingerprint density at radius 3 is 2.43 bits per heavy atom. The largest absolute Gasteiger partial charge is 0.492 e. The van der Waals surface area contributed by atoms with E-state index in [0.29, 0.717) is 35.2 Å². The molecule has 0 aromatic heterocycles. The van der Waals surface area contributed by atoms with Crippen molar-refractivity contribution in [2.24, 2.45) is 0 Å². The molecule has 0 fully saturated rings. The van der Waals surface area contributed by atoms with E-state index in [2.05, 4.69) is 10.6 Å². The summed E-state index contributed by atoms with van der Waals surface area (Å²) in [5.41, 5.74) is 1.79. The van der Waals surface area contributed by atoms with Crippen LogP contribution >= 0.6 is 11.6 Å². The summed E-state index contributed by atoms with van der Waals surface area (Å²) in [5.74, 6) is 0.511. The highest BCUT2D eigenvalue weighted by atomic mass is 35.5. The number of urea groups is 1. The minimum absolute atomic E-state index is 0.165. The lowest BCUT2D eigenvalue weighted by molar-refractivity contribution is 0.0993. The third-order valence-electron chi connectivity index (χ3n) is 4.29. The Morgan fingerprint density at radius 1 is 0.967 bits per heavy atom. The quantitative estimate of drug-likeness (QED) is 0.535. The number of para-hydroxylation sites is 1. The summed E-state index contributed by atoms with van der Waals surface area (Å²) in [4.78, 5) is 26.4. The zero-order chi connectivity index (χ0) is 21.3. The first-order valence-corrected chi connectivity index (χ1v) is 9.77. The Morgan fingerprint density at radius 2 is 1.70 bits per heavy atom. The van der Waals surface area contributed by atoms with Crippen molar-refractivity contribution in [3.05, 3.63) is 89.4 Å². The summed E-state index contributed by atoms with van der Waals surface area (Å²) in [7, 11) is 1.71. The van der Waals surface area contributed by atoms with E-state index in [9.17, 15) is 9.59 Å². The van der Waals surface area contributed by atoms with Crippen molar-refractivity contribution >= 4 is 34.9 Å². The second-order valence-corrected chi connectivity index (χ2v) is 6.90. The predicted molar refractivity (Wildman–Crippen MR) is 120 cm³/mol. The maximum Gasteiger partial charge on any atom is 0.319 e. The number of amides is 3. The number of benzene rings is 3. The molecule has 3 amide bonds. The van der Waals surface area contributed by atoms with E-state index in [4.69, 9.17) is 16.3 Å². The SMILES string of the molecule is CN(C(=O)c1cccc(NC(=O)NCCOc2ccc(Cl)cc2)c1)c1ccccc1. The molecule has 0 saturated carbocycles. The molecule has 0 aliphatic heterocycles. The lowest BCUT2D eigenvalue weighted by Crippen LogP contribution is -2.32. The molecule has 6 nitrogen and oxygen atoms in total. The van der Waals surface area contributed by atoms with Gasteiger partial charge in [-0.05, 0) is 54.6 Å². The van der Waals surface area contributed by atoms with Crippen molar-refractivity contribution in [1.29, 1.82) is 0 Å². The Balaban J connectivity index is 1.50. The number of hydrogen-bond acceptors (Lipinski definition) is 3. The third kappa shape index (κ3) is 5.99. The minimum Gasteiger partial charge on any atom is -0.492 e. The lowest BCUT2D eigenvalue weighted by atomic mass is 10.1. The van der Waals surface area contributed by atoms with E-state index in [0.717, 1.165) is 5.69 Å². The Hall–Kier alpha value is -3.51. The molecule has 2 N–H and O–H groups in total. The van der Waals surface area contributed by atoms with Gasteiger partial charge in [0.1, 0.15) is 12.4 Å². The Labute approximate surface area is 180 Å². The second-order valence-electron chi connectivity index (χ2n) is 6.46. The van der Waals surface area contributed by atoms with Gasteiger partial charge in [-0.25, -0.2) is 4.79 Å². The highest BCUT2D eigenvalue weighted by Crippen LogP contribution is 2.18. The summed E-state index contributed by atoms with van der Waals surface area (Å²) >= 11 is 5.83. The molecule has 0 spiro atoms. The smallest absolute Gasteiger partial charge is 0.319 e. The van der Waals surface area contributed by atoms with Gasteiger partial charge >= 0.3 is 6.03 Å². The number of anilines is 2. The van der Waals surface area contributed by atoms with Crippen LogP contribution in [0.5, 0.6) is 5.75 Å². The van der Waals surface area contributed by atoms with E-state index in [1.165, 1.54) is 0 Å². The number of rotatable bonds is 7. The third-order valence-corrected chi connectivity index (χ3v) is 4.54. The standard InChI is InChI=1S/C23H22ClN3O3/c1-27(20-8-3-2-4-9-20)22(28)17-6-5-7-19(16-17)26-23(29)25-14-15-30-21-12-10-18(24)11-13-21/h2-13,16H,14-15H2,1H3,(H2,25,26,29). The Kier molecular flexibility index (Phi) is 7.29. The van der Waals surface area contributed by atoms with Crippen LogP contribution in [0.2, 0.25) is 5.02 Å². The molecule has 0 bridgehead atoms. The zero-order valence-corrected chi connectivity index (χ0v) is 17.2. The summed E-state index contributed by atoms with van der Waals surface area (Å²) in [5, 5.41) is 6.08. The fourth-order valence-corrected chi connectivity index (χ4v) is 2.86. The highest BCUT2D eigenvalue weighted by Gasteiger charge is 2.14. The molecule has 0 saturated heterocycles. The molecule has 0 aliphatic carbocycles. The summed E-state index contributed by atoms with van der Waals surface area (Å²) in [6.07, 6.45) is 0. The van der Waals surface area contributed by atoms with Crippen LogP contribution in [0, 0.1) is 0 Å². The van der Waals surface area contributed by atoms with Crippen molar-refractivity contribution in [1.82, 2.24) is 5.32 Å². The number of hydrogen-bond donors (Lipinski definition) is 2. The van der Waals surface area contributed by atoms with Crippen molar-refractivity contribution in [3.63, 3.8) is 0 Å². The van der Waals surface area contributed by atoms with Crippen LogP contribution < -0.4 is 20.3 Å². The molecule has 3 aromatic carbocycles. The molecule has 7 heteroatoms. The molecular weight excluding hydrogens is 402 g/mol. The van der Waals surface area contributed by atoms with E-state index >= 15 is 0 Å². The zero-order valence-electron chi connectivity index (χ0n) is 16.5. The molecule has 3 rings (SSSR count). The summed E-state index contributed by atoms with van der Waals surface area (Å²) in [6.45, 7) is 0.638. The fraction of sp³-hybridized carbons (Fsp3) is 0.130. The maximum atomic E-state index is 12.7. The summed E-state index contributed by atoms with van der Waals surface area (Å²) in [6, 6.07) is 22.8. The molecule has 30 heavy (non-hydrogen) atoms. The molecule has 0 aliphatic rings. The first-order valence-electron chi connectivity index (χ1n) is 9.39. The molecule has 0 atom stereocenters. The van der Waals surface area contributed by atoms with Gasteiger partial charge in [0.2, 0.25) is 0 Å². The second kappa shape index (κ2) is 10.3. The van der Waals surface area contributed by atoms with Gasteiger partial charge in [0.05, 0.1) is 6.54 Å². The first-order chi connectivity index (χ1) is 14.5. The molecule has 0 radical (unpaired) electrons. The van der Waals surface area contributed by atoms with Gasteiger partial charge in [-0.1, -0.05) is 35.9 Å². The maximum absolute atomic E-state index is 12.7. The van der Waals surface area contributed by atoms with Crippen LogP contribution in [0.4, 0.5) is 16.2 Å². The summed E-state index contributed by atoms with van der Waals surface area (Å²) < 4.78 is 5.53. The highest BCUT2D eigenvalue weighted by molar-refractivity contribution is 6.30. The van der Waals surface area contributed by atoms with Crippen LogP contribution in [0.1, 0.15) is 10.4 Å². The van der Waals surface area contributed by atoms with Crippen molar-refractivity contribution in [2.75, 3.05) is 30.4 Å². The van der Waals surface area contributed by atoms with Crippen LogP contribution in [-0.4, -0.2) is 32.1 Å². The average molecular weight is 424 g/mol. The number of nitrogens with one attached hydrogen (secondary N) is 2.